The van der Waals surface area contributed by atoms with Gasteiger partial charge < -0.3 is 10.0 Å². The van der Waals surface area contributed by atoms with Crippen LogP contribution in [0.25, 0.3) is 0 Å². The van der Waals surface area contributed by atoms with E-state index in [0.29, 0.717) is 11.3 Å². The standard InChI is InChI=1S/C18H21FN2O3S/c1-18(2,3)17-20-14(11-25-17)8-15(22)21(10-16(23)24)9-12-4-6-13(19)7-5-12/h4-7,11H,8-10H2,1-3H3,(H,23,24). The maximum absolute atomic E-state index is 13.0. The number of thiazole rings is 1. The molecule has 0 aliphatic rings. The van der Waals surface area contributed by atoms with Crippen LogP contribution < -0.4 is 0 Å². The van der Waals surface area contributed by atoms with E-state index in [4.69, 9.17) is 5.11 Å². The molecule has 1 aromatic carbocycles. The topological polar surface area (TPSA) is 70.5 Å². The second-order valence-corrected chi connectivity index (χ2v) is 7.70. The molecule has 1 aromatic heterocycles. The van der Waals surface area contributed by atoms with Crippen molar-refractivity contribution in [3.8, 4) is 0 Å². The third-order valence-electron chi connectivity index (χ3n) is 3.49. The predicted molar refractivity (Wildman–Crippen MR) is 94.0 cm³/mol. The maximum atomic E-state index is 13.0. The molecule has 1 N–H and O–H groups in total. The lowest BCUT2D eigenvalue weighted by molar-refractivity contribution is -0.144. The second-order valence-electron chi connectivity index (χ2n) is 6.84. The summed E-state index contributed by atoms with van der Waals surface area (Å²) >= 11 is 1.49. The molecule has 2 aromatic rings. The zero-order chi connectivity index (χ0) is 18.6. The molecule has 0 saturated heterocycles. The van der Waals surface area contributed by atoms with Crippen LogP contribution >= 0.6 is 11.3 Å². The van der Waals surface area contributed by atoms with Crippen molar-refractivity contribution >= 4 is 23.2 Å². The Morgan fingerprint density at radius 1 is 1.24 bits per heavy atom. The Bertz CT molecular complexity index is 750. The van der Waals surface area contributed by atoms with Gasteiger partial charge in [-0.1, -0.05) is 32.9 Å². The highest BCUT2D eigenvalue weighted by molar-refractivity contribution is 7.09. The molecule has 0 saturated carbocycles. The van der Waals surface area contributed by atoms with Gasteiger partial charge in [-0.2, -0.15) is 0 Å². The summed E-state index contributed by atoms with van der Waals surface area (Å²) in [6.45, 7) is 5.84. The largest absolute Gasteiger partial charge is 0.480 e. The first-order chi connectivity index (χ1) is 11.6. The Kier molecular flexibility index (Phi) is 5.89. The van der Waals surface area contributed by atoms with E-state index < -0.39 is 12.5 Å². The van der Waals surface area contributed by atoms with Crippen molar-refractivity contribution in [1.82, 2.24) is 9.88 Å². The molecular weight excluding hydrogens is 343 g/mol. The molecule has 0 aliphatic carbocycles. The molecule has 25 heavy (non-hydrogen) atoms. The number of hydrogen-bond donors (Lipinski definition) is 1. The van der Waals surface area contributed by atoms with Gasteiger partial charge in [0.05, 0.1) is 17.1 Å². The number of aromatic nitrogens is 1. The first-order valence-corrected chi connectivity index (χ1v) is 8.72. The van der Waals surface area contributed by atoms with Gasteiger partial charge in [-0.3, -0.25) is 9.59 Å². The Morgan fingerprint density at radius 3 is 2.40 bits per heavy atom. The average molecular weight is 364 g/mol. The normalized spacial score (nSPS) is 11.4. The average Bonchev–Trinajstić information content (AvgIpc) is 2.97. The van der Waals surface area contributed by atoms with E-state index in [1.807, 2.05) is 26.2 Å². The lowest BCUT2D eigenvalue weighted by Gasteiger charge is -2.20. The van der Waals surface area contributed by atoms with Gasteiger partial charge in [-0.25, -0.2) is 9.37 Å². The number of carboxylic acid groups (broad SMARTS) is 1. The van der Waals surface area contributed by atoms with E-state index in [2.05, 4.69) is 4.98 Å². The highest BCUT2D eigenvalue weighted by Gasteiger charge is 2.22. The molecule has 0 spiro atoms. The molecule has 1 heterocycles. The third kappa shape index (κ3) is 5.63. The summed E-state index contributed by atoms with van der Waals surface area (Å²) in [6, 6.07) is 5.65. The molecule has 0 radical (unpaired) electrons. The van der Waals surface area contributed by atoms with Gasteiger partial charge in [0.2, 0.25) is 5.91 Å². The van der Waals surface area contributed by atoms with Crippen LogP contribution in [0.1, 0.15) is 37.0 Å². The molecule has 2 rings (SSSR count). The SMILES string of the molecule is CC(C)(C)c1nc(CC(=O)N(CC(=O)O)Cc2ccc(F)cc2)cs1. The van der Waals surface area contributed by atoms with Crippen LogP contribution in [0.4, 0.5) is 4.39 Å². The summed E-state index contributed by atoms with van der Waals surface area (Å²) in [5, 5.41) is 11.8. The number of hydrogen-bond acceptors (Lipinski definition) is 4. The van der Waals surface area contributed by atoms with Gasteiger partial charge in [0.15, 0.2) is 0 Å². The molecule has 0 bridgehead atoms. The van der Waals surface area contributed by atoms with Crippen molar-refractivity contribution in [3.05, 3.63) is 51.7 Å². The Morgan fingerprint density at radius 2 is 1.88 bits per heavy atom. The van der Waals surface area contributed by atoms with Gasteiger partial charge in [0.1, 0.15) is 12.4 Å². The zero-order valence-corrected chi connectivity index (χ0v) is 15.3. The number of rotatable bonds is 6. The molecule has 134 valence electrons. The van der Waals surface area contributed by atoms with Crippen LogP contribution in [0, 0.1) is 5.82 Å². The van der Waals surface area contributed by atoms with E-state index in [-0.39, 0.29) is 30.1 Å². The number of carbonyl (C=O) groups excluding carboxylic acids is 1. The zero-order valence-electron chi connectivity index (χ0n) is 14.5. The van der Waals surface area contributed by atoms with E-state index >= 15 is 0 Å². The van der Waals surface area contributed by atoms with Crippen LogP contribution in [0.3, 0.4) is 0 Å². The number of carbonyl (C=O) groups is 2. The lowest BCUT2D eigenvalue weighted by Crippen LogP contribution is -2.36. The number of carboxylic acids is 1. The van der Waals surface area contributed by atoms with Crippen molar-refractivity contribution < 1.29 is 19.1 Å². The van der Waals surface area contributed by atoms with Gasteiger partial charge in [-0.15, -0.1) is 11.3 Å². The van der Waals surface area contributed by atoms with Gasteiger partial charge in [0, 0.05) is 17.3 Å². The number of benzene rings is 1. The monoisotopic (exact) mass is 364 g/mol. The lowest BCUT2D eigenvalue weighted by atomic mass is 9.98. The number of amides is 1. The smallest absolute Gasteiger partial charge is 0.323 e. The molecule has 0 unspecified atom stereocenters. The van der Waals surface area contributed by atoms with Crippen LogP contribution in [0.15, 0.2) is 29.6 Å². The number of nitrogens with zero attached hydrogens (tertiary/aromatic N) is 2. The van der Waals surface area contributed by atoms with Crippen LogP contribution in [-0.4, -0.2) is 33.4 Å². The Hall–Kier alpha value is -2.28. The minimum Gasteiger partial charge on any atom is -0.480 e. The van der Waals surface area contributed by atoms with Gasteiger partial charge in [0.25, 0.3) is 0 Å². The van der Waals surface area contributed by atoms with E-state index in [1.54, 1.807) is 0 Å². The third-order valence-corrected chi connectivity index (χ3v) is 4.81. The number of halogens is 1. The first-order valence-electron chi connectivity index (χ1n) is 7.84. The Balaban J connectivity index is 2.11. The van der Waals surface area contributed by atoms with E-state index in [1.165, 1.54) is 40.5 Å². The Labute approximate surface area is 150 Å². The van der Waals surface area contributed by atoms with Gasteiger partial charge >= 0.3 is 5.97 Å². The number of aliphatic carboxylic acids is 1. The summed E-state index contributed by atoms with van der Waals surface area (Å²) in [4.78, 5) is 29.3. The molecular formula is C18H21FN2O3S. The highest BCUT2D eigenvalue weighted by atomic mass is 32.1. The molecule has 0 fully saturated rings. The maximum Gasteiger partial charge on any atom is 0.323 e. The fourth-order valence-corrected chi connectivity index (χ4v) is 3.11. The summed E-state index contributed by atoms with van der Waals surface area (Å²) < 4.78 is 13.0. The van der Waals surface area contributed by atoms with Crippen LogP contribution in [-0.2, 0) is 28.0 Å². The molecule has 7 heteroatoms. The first kappa shape index (κ1) is 19.1. The highest BCUT2D eigenvalue weighted by Crippen LogP contribution is 2.25. The minimum absolute atomic E-state index is 0.0427. The van der Waals surface area contributed by atoms with Crippen molar-refractivity contribution in [3.63, 3.8) is 0 Å². The molecule has 0 aliphatic heterocycles. The summed E-state index contributed by atoms with van der Waals surface area (Å²) in [5.41, 5.74) is 1.21. The predicted octanol–water partition coefficient (Wildman–Crippen LogP) is 3.24. The fraction of sp³-hybridized carbons (Fsp3) is 0.389. The fourth-order valence-electron chi connectivity index (χ4n) is 2.21. The van der Waals surface area contributed by atoms with Gasteiger partial charge in [-0.05, 0) is 17.7 Å². The van der Waals surface area contributed by atoms with E-state index in [0.717, 1.165) is 5.01 Å². The summed E-state index contributed by atoms with van der Waals surface area (Å²) in [7, 11) is 0. The quantitative estimate of drug-likeness (QED) is 0.854. The van der Waals surface area contributed by atoms with Crippen LogP contribution in [0.5, 0.6) is 0 Å². The minimum atomic E-state index is -1.09. The second kappa shape index (κ2) is 7.74. The molecule has 0 atom stereocenters. The van der Waals surface area contributed by atoms with Crippen molar-refractivity contribution in [2.75, 3.05) is 6.54 Å². The summed E-state index contributed by atoms with van der Waals surface area (Å²) in [6.07, 6.45) is 0.0427. The van der Waals surface area contributed by atoms with E-state index in [9.17, 15) is 14.0 Å². The molecule has 1 amide bonds. The van der Waals surface area contributed by atoms with Crippen LogP contribution in [0.2, 0.25) is 0 Å². The van der Waals surface area contributed by atoms with Crippen molar-refractivity contribution in [2.24, 2.45) is 0 Å². The van der Waals surface area contributed by atoms with Crippen molar-refractivity contribution in [1.29, 1.82) is 0 Å². The molecule has 5 nitrogen and oxygen atoms in total. The van der Waals surface area contributed by atoms with Crippen molar-refractivity contribution in [2.45, 2.75) is 39.2 Å². The summed E-state index contributed by atoms with van der Waals surface area (Å²) in [5.74, 6) is -1.79.